The summed E-state index contributed by atoms with van der Waals surface area (Å²) in [5.41, 5.74) is 11.8. The molecule has 61 heavy (non-hydrogen) atoms. The Labute approximate surface area is 378 Å². The standard InChI is InChI=1S/C21H20N6.C9H7N3.C6H3Cl2NO.C6H14N2.2CH4S/c1-26-10-8-16(9-11-26)23-19-7-6-14-12-15(13-22)21-24-17-4-2-3-5-18(17)27(21)20(14)25-19;10-6-5-9-11-7-3-1-2-4-8(7)12-9;7-5-2-1-4(3-10)6(8)9-5;1-8-4-2-6(7)3-5-8;2*1-2/h2-7,12,16H,8-11H2,1H3,(H,23,25);1-4H,5H2,(H,11,12);1-3H;6H,2-5,7H2,1H3;2*2H,1H3. The van der Waals surface area contributed by atoms with Gasteiger partial charge in [0.1, 0.15) is 33.7 Å². The minimum atomic E-state index is 0.141. The van der Waals surface area contributed by atoms with Crippen LogP contribution < -0.4 is 11.1 Å². The summed E-state index contributed by atoms with van der Waals surface area (Å²) in [6.07, 6.45) is 8.95. The fraction of sp³-hybridized carbons (Fsp3) is 0.341. The number of pyridine rings is 3. The first-order valence-electron chi connectivity index (χ1n) is 19.6. The zero-order chi connectivity index (χ0) is 44.3. The molecule has 7 aromatic rings. The van der Waals surface area contributed by atoms with Crippen molar-refractivity contribution in [1.82, 2.24) is 39.1 Å². The van der Waals surface area contributed by atoms with Crippen molar-refractivity contribution in [2.75, 3.05) is 58.1 Å². The Morgan fingerprint density at radius 1 is 0.820 bits per heavy atom. The van der Waals surface area contributed by atoms with Gasteiger partial charge in [0.25, 0.3) is 0 Å². The number of thiol groups is 2. The highest BCUT2D eigenvalue weighted by molar-refractivity contribution is 7.79. The average molecular weight is 900 g/mol. The maximum Gasteiger partial charge on any atom is 0.157 e. The largest absolute Gasteiger partial charge is 0.367 e. The molecule has 4 N–H and O–H groups in total. The third-order valence-electron chi connectivity index (χ3n) is 9.83. The molecule has 7 heterocycles. The number of fused-ring (bicyclic) bond motifs is 6. The summed E-state index contributed by atoms with van der Waals surface area (Å²) in [6.45, 7) is 4.57. The lowest BCUT2D eigenvalue weighted by Gasteiger charge is -2.29. The molecule has 0 amide bonds. The number of benzene rings is 2. The molecule has 2 aliphatic rings. The van der Waals surface area contributed by atoms with Gasteiger partial charge in [-0.25, -0.2) is 19.9 Å². The Morgan fingerprint density at radius 3 is 2.07 bits per heavy atom. The van der Waals surface area contributed by atoms with E-state index in [0.717, 1.165) is 70.7 Å². The molecule has 0 spiro atoms. The third-order valence-corrected chi connectivity index (χ3v) is 10.3. The number of piperidine rings is 2. The van der Waals surface area contributed by atoms with E-state index in [-0.39, 0.29) is 10.3 Å². The van der Waals surface area contributed by atoms with Gasteiger partial charge >= 0.3 is 0 Å². The molecule has 0 unspecified atom stereocenters. The van der Waals surface area contributed by atoms with Gasteiger partial charge in [-0.2, -0.15) is 35.8 Å². The zero-order valence-electron chi connectivity index (χ0n) is 34.8. The second-order valence-electron chi connectivity index (χ2n) is 14.1. The summed E-state index contributed by atoms with van der Waals surface area (Å²) in [5, 5.41) is 23.0. The number of aromatic nitrogens is 6. The number of nitriles is 2. The quantitative estimate of drug-likeness (QED) is 0.0651. The van der Waals surface area contributed by atoms with Crippen LogP contribution in [-0.2, 0) is 6.42 Å². The number of carbonyl (C=O) groups is 1. The summed E-state index contributed by atoms with van der Waals surface area (Å²) in [6, 6.07) is 29.9. The summed E-state index contributed by atoms with van der Waals surface area (Å²) in [5.74, 6) is 1.61. The van der Waals surface area contributed by atoms with Gasteiger partial charge in [0.2, 0.25) is 0 Å². The van der Waals surface area contributed by atoms with E-state index in [1.54, 1.807) is 12.5 Å². The highest BCUT2D eigenvalue weighted by atomic mass is 35.5. The lowest BCUT2D eigenvalue weighted by atomic mass is 10.1. The molecule has 2 aromatic carbocycles. The Bertz CT molecular complexity index is 2510. The van der Waals surface area contributed by atoms with Crippen molar-refractivity contribution >= 4 is 99.3 Å². The molecule has 0 saturated carbocycles. The van der Waals surface area contributed by atoms with Gasteiger partial charge in [-0.05, 0) is 133 Å². The van der Waals surface area contributed by atoms with Crippen LogP contribution in [0.25, 0.3) is 38.7 Å². The molecule has 320 valence electrons. The van der Waals surface area contributed by atoms with Crippen molar-refractivity contribution in [2.45, 2.75) is 44.2 Å². The molecule has 13 nitrogen and oxygen atoms in total. The summed E-state index contributed by atoms with van der Waals surface area (Å²) >= 11 is 18.0. The predicted molar refractivity (Wildman–Crippen MR) is 256 cm³/mol. The molecular weight excluding hydrogens is 848 g/mol. The predicted octanol–water partition coefficient (Wildman–Crippen LogP) is 8.37. The van der Waals surface area contributed by atoms with Crippen LogP contribution in [0.2, 0.25) is 10.3 Å². The van der Waals surface area contributed by atoms with Crippen molar-refractivity contribution in [3.63, 3.8) is 0 Å². The molecule has 2 saturated heterocycles. The minimum absolute atomic E-state index is 0.141. The number of nitrogens with zero attached hydrogens (tertiary/aromatic N) is 9. The average Bonchev–Trinajstić information content (AvgIpc) is 3.89. The van der Waals surface area contributed by atoms with Gasteiger partial charge in [0.05, 0.1) is 45.7 Å². The molecule has 17 heteroatoms. The topological polar surface area (TPSA) is 181 Å². The van der Waals surface area contributed by atoms with Crippen molar-refractivity contribution in [3.8, 4) is 12.1 Å². The maximum atomic E-state index is 10.2. The van der Waals surface area contributed by atoms with Crippen LogP contribution in [0, 0.1) is 22.7 Å². The zero-order valence-corrected chi connectivity index (χ0v) is 38.1. The van der Waals surface area contributed by atoms with Crippen LogP contribution in [0.4, 0.5) is 5.82 Å². The molecule has 0 atom stereocenters. The van der Waals surface area contributed by atoms with E-state index >= 15 is 0 Å². The number of aromatic amines is 1. The first kappa shape index (κ1) is 48.7. The van der Waals surface area contributed by atoms with E-state index in [1.165, 1.54) is 38.1 Å². The molecule has 5 aromatic heterocycles. The van der Waals surface area contributed by atoms with Crippen LogP contribution in [-0.4, -0.2) is 110 Å². The van der Waals surface area contributed by atoms with Gasteiger partial charge < -0.3 is 25.8 Å². The van der Waals surface area contributed by atoms with E-state index in [4.69, 9.17) is 39.2 Å². The number of nitrogens with two attached hydrogens (primary N) is 1. The van der Waals surface area contributed by atoms with Crippen LogP contribution in [0.1, 0.15) is 47.4 Å². The summed E-state index contributed by atoms with van der Waals surface area (Å²) in [7, 11) is 4.31. The summed E-state index contributed by atoms with van der Waals surface area (Å²) < 4.78 is 2.00. The van der Waals surface area contributed by atoms with Crippen molar-refractivity contribution < 1.29 is 4.79 Å². The van der Waals surface area contributed by atoms with Gasteiger partial charge in [-0.15, -0.1) is 0 Å². The molecule has 2 fully saturated rings. The number of aldehydes is 1. The van der Waals surface area contributed by atoms with Gasteiger partial charge in [0, 0.05) is 17.5 Å². The number of H-pyrrole nitrogens is 1. The van der Waals surface area contributed by atoms with E-state index in [0.29, 0.717) is 41.6 Å². The van der Waals surface area contributed by atoms with Gasteiger partial charge in [-0.3, -0.25) is 9.20 Å². The van der Waals surface area contributed by atoms with E-state index in [1.807, 2.05) is 71.1 Å². The number of hydrogen-bond acceptors (Lipinski definition) is 13. The number of likely N-dealkylation sites (tertiary alicyclic amines) is 2. The monoisotopic (exact) mass is 898 g/mol. The first-order valence-corrected chi connectivity index (χ1v) is 22.2. The van der Waals surface area contributed by atoms with Crippen molar-refractivity contribution in [1.29, 1.82) is 10.5 Å². The number of halogens is 2. The highest BCUT2D eigenvalue weighted by Gasteiger charge is 2.18. The smallest absolute Gasteiger partial charge is 0.157 e. The fourth-order valence-electron chi connectivity index (χ4n) is 6.62. The van der Waals surface area contributed by atoms with Crippen molar-refractivity contribution in [3.05, 3.63) is 106 Å². The van der Waals surface area contributed by atoms with E-state index in [2.05, 4.69) is 86.5 Å². The second kappa shape index (κ2) is 25.1. The lowest BCUT2D eigenvalue weighted by Crippen LogP contribution is -2.37. The number of hydrogen-bond donors (Lipinski definition) is 5. The molecule has 0 bridgehead atoms. The Balaban J connectivity index is 0.000000199. The van der Waals surface area contributed by atoms with E-state index in [9.17, 15) is 10.1 Å². The lowest BCUT2D eigenvalue weighted by molar-refractivity contribution is 0.112. The molecular formula is C44H52Cl2N12OS2. The number of imidazole rings is 2. The highest BCUT2D eigenvalue weighted by Crippen LogP contribution is 2.27. The Morgan fingerprint density at radius 2 is 1.46 bits per heavy atom. The Kier molecular flexibility index (Phi) is 20.0. The second-order valence-corrected chi connectivity index (χ2v) is 14.8. The molecule has 0 aliphatic carbocycles. The fourth-order valence-corrected chi connectivity index (χ4v) is 7.01. The summed E-state index contributed by atoms with van der Waals surface area (Å²) in [4.78, 5) is 35.4. The third kappa shape index (κ3) is 13.8. The maximum absolute atomic E-state index is 10.2. The van der Waals surface area contributed by atoms with Crippen LogP contribution in [0.15, 0.2) is 78.9 Å². The van der Waals surface area contributed by atoms with Gasteiger partial charge in [-0.1, -0.05) is 47.5 Å². The van der Waals surface area contributed by atoms with Crippen LogP contribution >= 0.6 is 48.5 Å². The number of para-hydroxylation sites is 4. The Hall–Kier alpha value is -4.97. The van der Waals surface area contributed by atoms with Crippen molar-refractivity contribution in [2.24, 2.45) is 5.73 Å². The molecule has 2 aliphatic heterocycles. The number of nitrogens with one attached hydrogen (secondary N) is 2. The number of anilines is 1. The minimum Gasteiger partial charge on any atom is -0.367 e. The van der Waals surface area contributed by atoms with Gasteiger partial charge in [0.15, 0.2) is 11.9 Å². The molecule has 0 radical (unpaired) electrons. The van der Waals surface area contributed by atoms with Crippen LogP contribution in [0.5, 0.6) is 0 Å². The number of carbonyl (C=O) groups excluding carboxylic acids is 1. The van der Waals surface area contributed by atoms with Crippen LogP contribution in [0.3, 0.4) is 0 Å². The first-order chi connectivity index (χ1) is 29.6. The SMILES string of the molecule is CN1CCC(N)CC1.CN1CCC(Nc2ccc3cc(C#N)c4nc5ccccc5n4c3n2)CC1.CS.CS.N#CCc1nc2ccccc2[nH]1.O=Cc1ccc(Cl)nc1Cl. The van der Waals surface area contributed by atoms with E-state index < -0.39 is 0 Å². The number of rotatable bonds is 4. The normalized spacial score (nSPS) is 14.3. The molecule has 9 rings (SSSR count).